The summed E-state index contributed by atoms with van der Waals surface area (Å²) in [6.07, 6.45) is 3.79. The zero-order chi connectivity index (χ0) is 21.7. The van der Waals surface area contributed by atoms with Crippen LogP contribution in [0.15, 0.2) is 52.1 Å². The molecule has 3 rings (SSSR count). The number of piperidine rings is 1. The SMILES string of the molecule is C=C(c1cc(Br)ccc1NC(=O)CNC(=O)c1ccco1)N1CC(C)CC(CC)C1. The first kappa shape index (κ1) is 22.2. The number of nitrogens with one attached hydrogen (secondary N) is 2. The van der Waals surface area contributed by atoms with Gasteiger partial charge in [0.05, 0.1) is 18.5 Å². The highest BCUT2D eigenvalue weighted by atomic mass is 79.9. The molecule has 160 valence electrons. The lowest BCUT2D eigenvalue weighted by molar-refractivity contribution is -0.115. The van der Waals surface area contributed by atoms with Gasteiger partial charge in [0.2, 0.25) is 5.91 Å². The molecule has 1 aliphatic heterocycles. The van der Waals surface area contributed by atoms with Crippen LogP contribution in [0, 0.1) is 11.8 Å². The molecule has 1 fully saturated rings. The summed E-state index contributed by atoms with van der Waals surface area (Å²) in [7, 11) is 0. The minimum Gasteiger partial charge on any atom is -0.459 e. The summed E-state index contributed by atoms with van der Waals surface area (Å²) < 4.78 is 5.95. The average molecular weight is 474 g/mol. The molecule has 1 saturated heterocycles. The standard InChI is InChI=1S/C23H28BrN3O3/c1-4-17-10-15(2)13-27(14-17)16(3)19-11-18(24)7-8-20(19)26-22(28)12-25-23(29)21-6-5-9-30-21/h5-9,11,15,17H,3-4,10,12-14H2,1-2H3,(H,25,29)(H,26,28). The highest BCUT2D eigenvalue weighted by Crippen LogP contribution is 2.33. The molecule has 2 aromatic rings. The van der Waals surface area contributed by atoms with Crippen LogP contribution in [0.5, 0.6) is 0 Å². The van der Waals surface area contributed by atoms with Gasteiger partial charge in [-0.1, -0.05) is 42.8 Å². The predicted octanol–water partition coefficient (Wildman–Crippen LogP) is 4.75. The van der Waals surface area contributed by atoms with Crippen LogP contribution >= 0.6 is 15.9 Å². The summed E-state index contributed by atoms with van der Waals surface area (Å²) in [4.78, 5) is 26.7. The predicted molar refractivity (Wildman–Crippen MR) is 122 cm³/mol. The van der Waals surface area contributed by atoms with E-state index in [0.717, 1.165) is 35.2 Å². The first-order valence-electron chi connectivity index (χ1n) is 10.2. The second-order valence-corrected chi connectivity index (χ2v) is 8.78. The van der Waals surface area contributed by atoms with E-state index in [-0.39, 0.29) is 18.2 Å². The summed E-state index contributed by atoms with van der Waals surface area (Å²) >= 11 is 3.52. The Morgan fingerprint density at radius 3 is 2.80 bits per heavy atom. The average Bonchev–Trinajstić information content (AvgIpc) is 3.27. The maximum atomic E-state index is 12.5. The Morgan fingerprint density at radius 2 is 2.10 bits per heavy atom. The van der Waals surface area contributed by atoms with Crippen molar-refractivity contribution in [2.45, 2.75) is 26.7 Å². The Hall–Kier alpha value is -2.54. The molecule has 1 aromatic heterocycles. The molecule has 0 bridgehead atoms. The number of anilines is 1. The minimum atomic E-state index is -0.427. The first-order chi connectivity index (χ1) is 14.4. The molecule has 1 aromatic carbocycles. The molecular formula is C23H28BrN3O3. The fraction of sp³-hybridized carbons (Fsp3) is 0.391. The van der Waals surface area contributed by atoms with Gasteiger partial charge in [0.25, 0.3) is 5.91 Å². The van der Waals surface area contributed by atoms with E-state index in [1.165, 1.54) is 12.7 Å². The van der Waals surface area contributed by atoms with Gasteiger partial charge in [-0.2, -0.15) is 0 Å². The minimum absolute atomic E-state index is 0.153. The lowest BCUT2D eigenvalue weighted by Crippen LogP contribution is -2.38. The van der Waals surface area contributed by atoms with Crippen LogP contribution in [-0.4, -0.2) is 36.3 Å². The molecule has 0 saturated carbocycles. The quantitative estimate of drug-likeness (QED) is 0.608. The molecule has 2 amide bonds. The number of furan rings is 1. The highest BCUT2D eigenvalue weighted by molar-refractivity contribution is 9.10. The van der Waals surface area contributed by atoms with Crippen LogP contribution in [0.2, 0.25) is 0 Å². The van der Waals surface area contributed by atoms with E-state index >= 15 is 0 Å². The normalized spacial score (nSPS) is 18.7. The lowest BCUT2D eigenvalue weighted by Gasteiger charge is -2.39. The molecule has 0 radical (unpaired) electrons. The number of hydrogen-bond acceptors (Lipinski definition) is 4. The third-order valence-electron chi connectivity index (χ3n) is 5.43. The summed E-state index contributed by atoms with van der Waals surface area (Å²) in [5, 5.41) is 5.46. The van der Waals surface area contributed by atoms with Crippen LogP contribution in [0.4, 0.5) is 5.69 Å². The van der Waals surface area contributed by atoms with Crippen molar-refractivity contribution in [3.63, 3.8) is 0 Å². The fourth-order valence-electron chi connectivity index (χ4n) is 3.88. The zero-order valence-electron chi connectivity index (χ0n) is 17.4. The molecule has 2 unspecified atom stereocenters. The van der Waals surface area contributed by atoms with Crippen molar-refractivity contribution in [2.24, 2.45) is 11.8 Å². The van der Waals surface area contributed by atoms with Gasteiger partial charge in [-0.15, -0.1) is 0 Å². The Balaban J connectivity index is 1.69. The van der Waals surface area contributed by atoms with Gasteiger partial charge in [0, 0.05) is 28.8 Å². The molecule has 6 nitrogen and oxygen atoms in total. The maximum absolute atomic E-state index is 12.5. The van der Waals surface area contributed by atoms with E-state index in [0.29, 0.717) is 17.5 Å². The van der Waals surface area contributed by atoms with Gasteiger partial charge in [-0.3, -0.25) is 9.59 Å². The van der Waals surface area contributed by atoms with Gasteiger partial charge in [0.15, 0.2) is 5.76 Å². The van der Waals surface area contributed by atoms with Crippen LogP contribution in [0.25, 0.3) is 5.70 Å². The Labute approximate surface area is 185 Å². The maximum Gasteiger partial charge on any atom is 0.287 e. The van der Waals surface area contributed by atoms with Gasteiger partial charge in [-0.05, 0) is 48.6 Å². The van der Waals surface area contributed by atoms with Gasteiger partial charge in [-0.25, -0.2) is 0 Å². The number of hydrogen-bond donors (Lipinski definition) is 2. The number of benzene rings is 1. The van der Waals surface area contributed by atoms with Crippen LogP contribution in [0.1, 0.15) is 42.8 Å². The monoisotopic (exact) mass is 473 g/mol. The van der Waals surface area contributed by atoms with E-state index in [1.807, 2.05) is 18.2 Å². The van der Waals surface area contributed by atoms with Crippen molar-refractivity contribution in [3.05, 3.63) is 59.0 Å². The van der Waals surface area contributed by atoms with Crippen molar-refractivity contribution in [2.75, 3.05) is 25.0 Å². The third-order valence-corrected chi connectivity index (χ3v) is 5.92. The number of carbonyl (C=O) groups excluding carboxylic acids is 2. The molecule has 0 spiro atoms. The van der Waals surface area contributed by atoms with E-state index < -0.39 is 5.91 Å². The van der Waals surface area contributed by atoms with E-state index in [2.05, 4.69) is 51.9 Å². The Morgan fingerprint density at radius 1 is 1.30 bits per heavy atom. The summed E-state index contributed by atoms with van der Waals surface area (Å²) in [5.41, 5.74) is 2.45. The molecule has 2 heterocycles. The summed E-state index contributed by atoms with van der Waals surface area (Å²) in [5.74, 6) is 0.674. The molecule has 0 aliphatic carbocycles. The topological polar surface area (TPSA) is 74.6 Å². The van der Waals surface area contributed by atoms with Gasteiger partial charge in [0.1, 0.15) is 0 Å². The largest absolute Gasteiger partial charge is 0.459 e. The van der Waals surface area contributed by atoms with Crippen LogP contribution in [-0.2, 0) is 4.79 Å². The molecule has 2 N–H and O–H groups in total. The van der Waals surface area contributed by atoms with Crippen molar-refractivity contribution in [3.8, 4) is 0 Å². The smallest absolute Gasteiger partial charge is 0.287 e. The molecule has 1 aliphatic rings. The highest BCUT2D eigenvalue weighted by Gasteiger charge is 2.26. The fourth-order valence-corrected chi connectivity index (χ4v) is 4.24. The number of likely N-dealkylation sites (tertiary alicyclic amines) is 1. The molecule has 30 heavy (non-hydrogen) atoms. The first-order valence-corrected chi connectivity index (χ1v) is 11.0. The lowest BCUT2D eigenvalue weighted by atomic mass is 9.88. The summed E-state index contributed by atoms with van der Waals surface area (Å²) in [6.45, 7) is 10.6. The molecule has 7 heteroatoms. The van der Waals surface area contributed by atoms with Crippen LogP contribution in [0.3, 0.4) is 0 Å². The molecular weight excluding hydrogens is 446 g/mol. The van der Waals surface area contributed by atoms with Crippen molar-refractivity contribution < 1.29 is 14.0 Å². The number of rotatable bonds is 7. The Bertz CT molecular complexity index is 910. The third kappa shape index (κ3) is 5.53. The van der Waals surface area contributed by atoms with Gasteiger partial charge >= 0.3 is 0 Å². The Kier molecular flexibility index (Phi) is 7.37. The van der Waals surface area contributed by atoms with Crippen molar-refractivity contribution in [1.29, 1.82) is 0 Å². The zero-order valence-corrected chi connectivity index (χ0v) is 19.0. The van der Waals surface area contributed by atoms with E-state index in [4.69, 9.17) is 4.42 Å². The van der Waals surface area contributed by atoms with Gasteiger partial charge < -0.3 is 20.0 Å². The van der Waals surface area contributed by atoms with Crippen molar-refractivity contribution in [1.82, 2.24) is 10.2 Å². The summed E-state index contributed by atoms with van der Waals surface area (Å²) in [6, 6.07) is 8.87. The number of nitrogens with zero attached hydrogens (tertiary/aromatic N) is 1. The van der Waals surface area contributed by atoms with E-state index in [1.54, 1.807) is 12.1 Å². The van der Waals surface area contributed by atoms with E-state index in [9.17, 15) is 9.59 Å². The number of halogens is 1. The van der Waals surface area contributed by atoms with Crippen LogP contribution < -0.4 is 10.6 Å². The second kappa shape index (κ2) is 9.98. The second-order valence-electron chi connectivity index (χ2n) is 7.86. The molecule has 2 atom stereocenters. The number of carbonyl (C=O) groups is 2. The number of amides is 2. The van der Waals surface area contributed by atoms with Crippen molar-refractivity contribution >= 4 is 39.1 Å².